The number of hydrogen-bond donors (Lipinski definition) is 9. The van der Waals surface area contributed by atoms with Gasteiger partial charge in [0.25, 0.3) is 0 Å². The molecule has 3 aliphatic rings. The van der Waals surface area contributed by atoms with Gasteiger partial charge in [0, 0.05) is 12.3 Å². The molecule has 0 bridgehead atoms. The fraction of sp³-hybridized carbons (Fsp3) is 1.00. The second-order valence-corrected chi connectivity index (χ2v) is 26.3. The SMILES string of the molecule is CCCCCCCCCCCCCCCCS(=O)(=O)CC(CO[C@H]1C[C@@H](O)[C@H](O[C@@H]2O[C@H](CO)[C@H](O[C@H]3O[C@H](CO)[C@H](O)[C@H](O)[C@H]3O)[C@H](O)[C@H]2O)[C@@H](CO)O1)CS(=O)(=O)CCCCCCCCCCCCCCCC. The molecule has 14 atom stereocenters. The Morgan fingerprint density at radius 3 is 1.17 bits per heavy atom. The van der Waals surface area contributed by atoms with E-state index in [0.717, 1.165) is 51.4 Å². The van der Waals surface area contributed by atoms with Crippen LogP contribution in [0.1, 0.15) is 200 Å². The zero-order chi connectivity index (χ0) is 55.1. The molecular formula is C54H104O19S2. The van der Waals surface area contributed by atoms with Gasteiger partial charge in [-0.05, 0) is 12.8 Å². The van der Waals surface area contributed by atoms with E-state index in [2.05, 4.69) is 13.8 Å². The Labute approximate surface area is 450 Å². The van der Waals surface area contributed by atoms with Gasteiger partial charge in [0.15, 0.2) is 38.5 Å². The van der Waals surface area contributed by atoms with Gasteiger partial charge in [0.05, 0.1) is 55.5 Å². The van der Waals surface area contributed by atoms with Crippen molar-refractivity contribution in [3.05, 3.63) is 0 Å². The summed E-state index contributed by atoms with van der Waals surface area (Å²) in [7, 11) is -7.39. The molecule has 0 aromatic rings. The van der Waals surface area contributed by atoms with Crippen molar-refractivity contribution < 1.29 is 91.2 Å². The van der Waals surface area contributed by atoms with Gasteiger partial charge in [-0.25, -0.2) is 16.8 Å². The van der Waals surface area contributed by atoms with Crippen LogP contribution in [0.4, 0.5) is 0 Å². The van der Waals surface area contributed by atoms with Crippen molar-refractivity contribution in [3.8, 4) is 0 Å². The second-order valence-electron chi connectivity index (χ2n) is 21.8. The van der Waals surface area contributed by atoms with Crippen molar-refractivity contribution in [1.82, 2.24) is 0 Å². The second kappa shape index (κ2) is 38.9. The number of sulfone groups is 2. The largest absolute Gasteiger partial charge is 0.394 e. The summed E-state index contributed by atoms with van der Waals surface area (Å²) >= 11 is 0. The molecule has 0 spiro atoms. The van der Waals surface area contributed by atoms with Crippen LogP contribution in [0.2, 0.25) is 0 Å². The number of aliphatic hydroxyl groups is 9. The zero-order valence-corrected chi connectivity index (χ0v) is 47.4. The van der Waals surface area contributed by atoms with E-state index in [1.165, 1.54) is 116 Å². The van der Waals surface area contributed by atoms with Crippen LogP contribution in [-0.4, -0.2) is 198 Å². The van der Waals surface area contributed by atoms with Crippen molar-refractivity contribution in [3.63, 3.8) is 0 Å². The van der Waals surface area contributed by atoms with Gasteiger partial charge in [-0.3, -0.25) is 0 Å². The molecule has 3 rings (SSSR count). The molecule has 0 radical (unpaired) electrons. The van der Waals surface area contributed by atoms with Crippen LogP contribution in [0, 0.1) is 5.92 Å². The summed E-state index contributed by atoms with van der Waals surface area (Å²) in [5.41, 5.74) is 0. The van der Waals surface area contributed by atoms with Crippen molar-refractivity contribution in [2.75, 3.05) is 49.4 Å². The topological polar surface area (TPSA) is 306 Å². The third kappa shape index (κ3) is 26.6. The smallest absolute Gasteiger partial charge is 0.187 e. The lowest BCUT2D eigenvalue weighted by Gasteiger charge is -2.47. The van der Waals surface area contributed by atoms with E-state index in [-0.39, 0.29) is 24.5 Å². The van der Waals surface area contributed by atoms with E-state index in [0.29, 0.717) is 12.8 Å². The van der Waals surface area contributed by atoms with Crippen LogP contribution in [0.3, 0.4) is 0 Å². The highest BCUT2D eigenvalue weighted by Gasteiger charge is 2.52. The number of ether oxygens (including phenoxy) is 6. The Hall–Kier alpha value is -0.700. The summed E-state index contributed by atoms with van der Waals surface area (Å²) in [5.74, 6) is -1.93. The Balaban J connectivity index is 1.54. The predicted molar refractivity (Wildman–Crippen MR) is 285 cm³/mol. The number of hydrogen-bond acceptors (Lipinski definition) is 19. The average molecular weight is 1120 g/mol. The van der Waals surface area contributed by atoms with Crippen molar-refractivity contribution in [2.45, 2.75) is 286 Å². The molecule has 0 aromatic heterocycles. The zero-order valence-electron chi connectivity index (χ0n) is 45.7. The van der Waals surface area contributed by atoms with E-state index in [1.54, 1.807) is 0 Å². The maximum absolute atomic E-state index is 13.6. The van der Waals surface area contributed by atoms with Crippen molar-refractivity contribution in [2.24, 2.45) is 5.92 Å². The first-order valence-corrected chi connectivity index (χ1v) is 32.9. The van der Waals surface area contributed by atoms with Gasteiger partial charge >= 0.3 is 0 Å². The molecule has 21 heteroatoms. The van der Waals surface area contributed by atoms with Gasteiger partial charge in [0.1, 0.15) is 61.0 Å². The molecule has 3 saturated heterocycles. The molecule has 3 fully saturated rings. The Kier molecular flexibility index (Phi) is 35.5. The molecule has 0 aromatic carbocycles. The Morgan fingerprint density at radius 1 is 0.427 bits per heavy atom. The van der Waals surface area contributed by atoms with Gasteiger partial charge in [-0.1, -0.05) is 181 Å². The molecule has 446 valence electrons. The highest BCUT2D eigenvalue weighted by atomic mass is 32.2. The van der Waals surface area contributed by atoms with Crippen LogP contribution >= 0.6 is 0 Å². The number of aliphatic hydroxyl groups excluding tert-OH is 9. The summed E-state index contributed by atoms with van der Waals surface area (Å²) in [6, 6.07) is 0. The minimum absolute atomic E-state index is 0.0771. The first-order chi connectivity index (χ1) is 36.0. The summed E-state index contributed by atoms with van der Waals surface area (Å²) in [6.45, 7) is 1.78. The van der Waals surface area contributed by atoms with Crippen LogP contribution < -0.4 is 0 Å². The summed E-state index contributed by atoms with van der Waals surface area (Å²) in [4.78, 5) is 0. The van der Waals surface area contributed by atoms with E-state index in [9.17, 15) is 62.8 Å². The average Bonchev–Trinajstić information content (AvgIpc) is 3.38. The highest BCUT2D eigenvalue weighted by molar-refractivity contribution is 7.92. The lowest BCUT2D eigenvalue weighted by atomic mass is 9.96. The quantitative estimate of drug-likeness (QED) is 0.0367. The molecule has 75 heavy (non-hydrogen) atoms. The minimum atomic E-state index is -3.69. The Morgan fingerprint density at radius 2 is 0.773 bits per heavy atom. The maximum atomic E-state index is 13.6. The van der Waals surface area contributed by atoms with Crippen LogP contribution in [0.5, 0.6) is 0 Å². The Bertz CT molecular complexity index is 1580. The lowest BCUT2D eigenvalue weighted by Crippen LogP contribution is -2.65. The van der Waals surface area contributed by atoms with Gasteiger partial charge < -0.3 is 74.4 Å². The first kappa shape index (κ1) is 68.6. The standard InChI is InChI=1S/C54H104O19S2/c1-3-5-7-9-11-13-15-17-19-21-23-25-27-29-31-74(64,65)38-40(39-75(66,67)32-30-28-26-24-22-20-18-16-14-12-10-8-6-4-2)37-68-45-33-41(58)51(43(35-56)69-45)72-54-50(63)48(61)52(44(36-57)71-54)73-53-49(62)47(60)46(59)42(34-55)70-53/h40-63H,3-39H2,1-2H3/t41-,42-,43-,44-,45-,46+,47+,48-,49-,50-,51+,52+,53-,54+/m1/s1. The maximum Gasteiger partial charge on any atom is 0.187 e. The van der Waals surface area contributed by atoms with Crippen LogP contribution in [0.15, 0.2) is 0 Å². The van der Waals surface area contributed by atoms with Crippen molar-refractivity contribution >= 4 is 19.7 Å². The monoisotopic (exact) mass is 1120 g/mol. The molecule has 0 amide bonds. The molecule has 0 aliphatic carbocycles. The molecule has 3 aliphatic heterocycles. The molecule has 0 unspecified atom stereocenters. The van der Waals surface area contributed by atoms with Gasteiger partial charge in [-0.2, -0.15) is 0 Å². The van der Waals surface area contributed by atoms with Gasteiger partial charge in [-0.15, -0.1) is 0 Å². The molecule has 9 N–H and O–H groups in total. The van der Waals surface area contributed by atoms with E-state index in [1.807, 2.05) is 0 Å². The summed E-state index contributed by atoms with van der Waals surface area (Å²) in [5, 5.41) is 94.4. The van der Waals surface area contributed by atoms with E-state index >= 15 is 0 Å². The highest BCUT2D eigenvalue weighted by Crippen LogP contribution is 2.33. The van der Waals surface area contributed by atoms with Crippen molar-refractivity contribution in [1.29, 1.82) is 0 Å². The number of unbranched alkanes of at least 4 members (excludes halogenated alkanes) is 26. The molecular weight excluding hydrogens is 1020 g/mol. The summed E-state index contributed by atoms with van der Waals surface area (Å²) < 4.78 is 88.7. The predicted octanol–water partition coefficient (Wildman–Crippen LogP) is 4.89. The fourth-order valence-corrected chi connectivity index (χ4v) is 14.1. The van der Waals surface area contributed by atoms with Gasteiger partial charge in [0.2, 0.25) is 0 Å². The van der Waals surface area contributed by atoms with E-state index < -0.39 is 143 Å². The number of rotatable bonds is 44. The molecule has 0 saturated carbocycles. The van der Waals surface area contributed by atoms with Crippen LogP contribution in [0.25, 0.3) is 0 Å². The third-order valence-electron chi connectivity index (χ3n) is 15.1. The fourth-order valence-electron chi connectivity index (χ4n) is 10.5. The minimum Gasteiger partial charge on any atom is -0.394 e. The molecule has 19 nitrogen and oxygen atoms in total. The first-order valence-electron chi connectivity index (χ1n) is 29.2. The van der Waals surface area contributed by atoms with Crippen LogP contribution in [-0.2, 0) is 48.1 Å². The lowest BCUT2D eigenvalue weighted by molar-refractivity contribution is -0.373. The normalized spacial score (nSPS) is 29.9. The van der Waals surface area contributed by atoms with E-state index in [4.69, 9.17) is 28.4 Å². The third-order valence-corrected chi connectivity index (χ3v) is 18.8. The summed E-state index contributed by atoms with van der Waals surface area (Å²) in [6.07, 6.45) is 8.74. The molecule has 3 heterocycles.